The van der Waals surface area contributed by atoms with Gasteiger partial charge in [0, 0.05) is 5.56 Å². The number of aromatic nitrogens is 2. The van der Waals surface area contributed by atoms with Crippen LogP contribution in [-0.4, -0.2) is 14.8 Å². The number of rotatable bonds is 2. The third kappa shape index (κ3) is 2.54. The smallest absolute Gasteiger partial charge is 0.280 e. The van der Waals surface area contributed by atoms with E-state index in [0.29, 0.717) is 16.7 Å². The largest absolute Gasteiger partial charge is 0.300 e. The summed E-state index contributed by atoms with van der Waals surface area (Å²) in [5.41, 5.74) is 6.22. The lowest BCUT2D eigenvalue weighted by Crippen LogP contribution is -2.43. The molecule has 0 aliphatic carbocycles. The Bertz CT molecular complexity index is 891. The van der Waals surface area contributed by atoms with Crippen LogP contribution in [0.15, 0.2) is 59.4 Å². The fourth-order valence-electron chi connectivity index (χ4n) is 2.15. The maximum Gasteiger partial charge on any atom is 0.280 e. The minimum absolute atomic E-state index is 0.122. The highest BCUT2D eigenvalue weighted by Gasteiger charge is 2.13. The number of nitrogens with zero attached hydrogens (tertiary/aromatic N) is 2. The third-order valence-electron chi connectivity index (χ3n) is 3.15. The molecule has 2 aromatic carbocycles. The van der Waals surface area contributed by atoms with Crippen LogP contribution in [0.1, 0.15) is 0 Å². The second-order valence-corrected chi connectivity index (χ2v) is 4.95. The molecule has 1 aromatic heterocycles. The van der Waals surface area contributed by atoms with E-state index in [1.807, 2.05) is 36.4 Å². The second kappa shape index (κ2) is 5.92. The molecule has 0 saturated carbocycles. The van der Waals surface area contributed by atoms with Crippen molar-refractivity contribution in [3.8, 4) is 11.4 Å². The van der Waals surface area contributed by atoms with E-state index in [9.17, 15) is 4.79 Å². The normalized spacial score (nSPS) is 10.4. The van der Waals surface area contributed by atoms with Crippen LogP contribution in [0.4, 0.5) is 0 Å². The van der Waals surface area contributed by atoms with Gasteiger partial charge in [-0.25, -0.2) is 10.8 Å². The molecule has 0 aliphatic rings. The van der Waals surface area contributed by atoms with Crippen molar-refractivity contribution in [1.29, 1.82) is 0 Å². The summed E-state index contributed by atoms with van der Waals surface area (Å²) in [6.45, 7) is 0. The van der Waals surface area contributed by atoms with Crippen LogP contribution in [0.25, 0.3) is 22.3 Å². The third-order valence-corrected chi connectivity index (χ3v) is 3.36. The fourth-order valence-corrected chi connectivity index (χ4v) is 2.24. The van der Waals surface area contributed by atoms with E-state index in [1.165, 1.54) is 4.68 Å². The Kier molecular flexibility index (Phi) is 3.82. The molecule has 0 saturated heterocycles. The number of para-hydroxylation sites is 1. The van der Waals surface area contributed by atoms with Gasteiger partial charge < -0.3 is 0 Å². The predicted octanol–water partition coefficient (Wildman–Crippen LogP) is 1.36. The van der Waals surface area contributed by atoms with Crippen molar-refractivity contribution >= 4 is 28.2 Å². The Hall–Kier alpha value is -2.77. The van der Waals surface area contributed by atoms with Gasteiger partial charge in [0.05, 0.1) is 10.9 Å². The van der Waals surface area contributed by atoms with Gasteiger partial charge in [0.15, 0.2) is 10.9 Å². The number of benzene rings is 2. The van der Waals surface area contributed by atoms with Crippen LogP contribution in [0.2, 0.25) is 0 Å². The predicted molar refractivity (Wildman–Crippen MR) is 90.7 cm³/mol. The molecule has 6 nitrogen and oxygen atoms in total. The first-order valence-electron chi connectivity index (χ1n) is 6.55. The monoisotopic (exact) mass is 311 g/mol. The minimum atomic E-state index is -0.248. The molecule has 22 heavy (non-hydrogen) atoms. The van der Waals surface area contributed by atoms with Gasteiger partial charge in [0.1, 0.15) is 0 Å². The van der Waals surface area contributed by atoms with Gasteiger partial charge in [0.25, 0.3) is 5.56 Å². The summed E-state index contributed by atoms with van der Waals surface area (Å²) in [5.74, 6) is 5.74. The molecule has 4 N–H and O–H groups in total. The standard InChI is InChI=1S/C15H13N5OS/c16-18-15(22)19-20-13(10-6-2-1-3-7-10)17-12-9-5-4-8-11(12)14(20)21/h1-9H,16H2,(H2,18,19,22). The van der Waals surface area contributed by atoms with E-state index in [-0.39, 0.29) is 10.7 Å². The number of hydrazine groups is 1. The average Bonchev–Trinajstić information content (AvgIpc) is 2.58. The molecule has 0 atom stereocenters. The lowest BCUT2D eigenvalue weighted by Gasteiger charge is -2.15. The van der Waals surface area contributed by atoms with Crippen molar-refractivity contribution in [2.45, 2.75) is 0 Å². The lowest BCUT2D eigenvalue weighted by atomic mass is 10.2. The summed E-state index contributed by atoms with van der Waals surface area (Å²) in [6, 6.07) is 16.5. The first-order chi connectivity index (χ1) is 10.7. The SMILES string of the molecule is NNC(=S)Nn1c(-c2ccccc2)nc2ccccc2c1=O. The molecule has 0 bridgehead atoms. The molecule has 1 heterocycles. The van der Waals surface area contributed by atoms with Crippen molar-refractivity contribution < 1.29 is 0 Å². The molecular weight excluding hydrogens is 298 g/mol. The maximum absolute atomic E-state index is 12.7. The van der Waals surface area contributed by atoms with Gasteiger partial charge in [-0.3, -0.25) is 15.6 Å². The maximum atomic E-state index is 12.7. The number of nitrogens with one attached hydrogen (secondary N) is 2. The highest BCUT2D eigenvalue weighted by molar-refractivity contribution is 7.80. The summed E-state index contributed by atoms with van der Waals surface area (Å²) < 4.78 is 1.29. The van der Waals surface area contributed by atoms with E-state index >= 15 is 0 Å². The zero-order valence-electron chi connectivity index (χ0n) is 11.5. The van der Waals surface area contributed by atoms with E-state index in [2.05, 4.69) is 15.8 Å². The van der Waals surface area contributed by atoms with Gasteiger partial charge in [-0.05, 0) is 24.4 Å². The Labute approximate surface area is 131 Å². The molecule has 7 heteroatoms. The van der Waals surface area contributed by atoms with Gasteiger partial charge in [0.2, 0.25) is 0 Å². The summed E-state index contributed by atoms with van der Waals surface area (Å²) in [6.07, 6.45) is 0. The number of thiocarbonyl (C=S) groups is 1. The van der Waals surface area contributed by atoms with Crippen LogP contribution in [0.3, 0.4) is 0 Å². The Morgan fingerprint density at radius 3 is 2.50 bits per heavy atom. The summed E-state index contributed by atoms with van der Waals surface area (Å²) in [5, 5.41) is 0.617. The summed E-state index contributed by atoms with van der Waals surface area (Å²) in [7, 11) is 0. The van der Waals surface area contributed by atoms with Crippen LogP contribution >= 0.6 is 12.2 Å². The lowest BCUT2D eigenvalue weighted by molar-refractivity contribution is 0.884. The van der Waals surface area contributed by atoms with Gasteiger partial charge in [-0.1, -0.05) is 42.5 Å². The van der Waals surface area contributed by atoms with Crippen molar-refractivity contribution in [3.63, 3.8) is 0 Å². The molecule has 0 amide bonds. The summed E-state index contributed by atoms with van der Waals surface area (Å²) >= 11 is 4.99. The van der Waals surface area contributed by atoms with E-state index in [1.54, 1.807) is 18.2 Å². The van der Waals surface area contributed by atoms with Crippen molar-refractivity contribution in [3.05, 3.63) is 65.0 Å². The van der Waals surface area contributed by atoms with Crippen LogP contribution in [-0.2, 0) is 0 Å². The second-order valence-electron chi connectivity index (χ2n) is 4.54. The van der Waals surface area contributed by atoms with Crippen molar-refractivity contribution in [2.24, 2.45) is 5.84 Å². The number of hydrogen-bond donors (Lipinski definition) is 3. The van der Waals surface area contributed by atoms with E-state index < -0.39 is 0 Å². The van der Waals surface area contributed by atoms with Crippen LogP contribution < -0.4 is 22.3 Å². The summed E-state index contributed by atoms with van der Waals surface area (Å²) in [4.78, 5) is 17.3. The average molecular weight is 311 g/mol. The zero-order chi connectivity index (χ0) is 15.5. The quantitative estimate of drug-likeness (QED) is 0.376. The molecule has 0 unspecified atom stereocenters. The van der Waals surface area contributed by atoms with Gasteiger partial charge in [-0.15, -0.1) is 0 Å². The molecule has 0 spiro atoms. The van der Waals surface area contributed by atoms with Crippen LogP contribution in [0.5, 0.6) is 0 Å². The zero-order valence-corrected chi connectivity index (χ0v) is 12.3. The highest BCUT2D eigenvalue weighted by Crippen LogP contribution is 2.17. The van der Waals surface area contributed by atoms with Gasteiger partial charge >= 0.3 is 0 Å². The molecular formula is C15H13N5OS. The number of fused-ring (bicyclic) bond motifs is 1. The van der Waals surface area contributed by atoms with Gasteiger partial charge in [-0.2, -0.15) is 4.68 Å². The Morgan fingerprint density at radius 2 is 1.77 bits per heavy atom. The molecule has 0 radical (unpaired) electrons. The molecule has 110 valence electrons. The topological polar surface area (TPSA) is 85.0 Å². The number of hydrogen-bond acceptors (Lipinski definition) is 4. The molecule has 3 aromatic rings. The fraction of sp³-hybridized carbons (Fsp3) is 0. The molecule has 0 fully saturated rings. The Balaban J connectivity index is 2.31. The Morgan fingerprint density at radius 1 is 1.09 bits per heavy atom. The highest BCUT2D eigenvalue weighted by atomic mass is 32.1. The van der Waals surface area contributed by atoms with Crippen molar-refractivity contribution in [1.82, 2.24) is 15.1 Å². The molecule has 3 rings (SSSR count). The first kappa shape index (κ1) is 14.2. The number of nitrogens with two attached hydrogens (primary N) is 1. The van der Waals surface area contributed by atoms with Crippen LogP contribution in [0, 0.1) is 0 Å². The van der Waals surface area contributed by atoms with E-state index in [0.717, 1.165) is 5.56 Å². The molecule has 0 aliphatic heterocycles. The first-order valence-corrected chi connectivity index (χ1v) is 6.96. The minimum Gasteiger partial charge on any atom is -0.300 e. The van der Waals surface area contributed by atoms with Crippen molar-refractivity contribution in [2.75, 3.05) is 5.43 Å². The van der Waals surface area contributed by atoms with E-state index in [4.69, 9.17) is 18.1 Å².